The van der Waals surface area contributed by atoms with Crippen LogP contribution in [0, 0.1) is 0 Å². The van der Waals surface area contributed by atoms with Crippen LogP contribution in [-0.4, -0.2) is 5.11 Å². The van der Waals surface area contributed by atoms with Crippen LogP contribution >= 0.6 is 12.6 Å². The summed E-state index contributed by atoms with van der Waals surface area (Å²) in [5.74, 6) is 0.975. The van der Waals surface area contributed by atoms with Crippen LogP contribution in [0.4, 0.5) is 0 Å². The second-order valence-electron chi connectivity index (χ2n) is 4.08. The molecule has 0 amide bonds. The maximum atomic E-state index is 9.37. The van der Waals surface area contributed by atoms with E-state index in [4.69, 9.17) is 0 Å². The number of hydrogen-bond acceptors (Lipinski definition) is 2. The van der Waals surface area contributed by atoms with E-state index >= 15 is 0 Å². The molecule has 2 heteroatoms. The molecule has 0 aromatic heterocycles. The monoisotopic (exact) mass is 208 g/mol. The summed E-state index contributed by atoms with van der Waals surface area (Å²) in [6.45, 7) is 0. The smallest absolute Gasteiger partial charge is 0.128 e. The first-order chi connectivity index (χ1) is 6.77. The largest absolute Gasteiger partial charge is 0.507 e. The molecular weight excluding hydrogens is 192 g/mol. The third-order valence-electron chi connectivity index (χ3n) is 3.08. The van der Waals surface area contributed by atoms with Crippen LogP contribution in [0.2, 0.25) is 0 Å². The zero-order valence-corrected chi connectivity index (χ0v) is 9.13. The average Bonchev–Trinajstić information content (AvgIpc) is 2.23. The third-order valence-corrected chi connectivity index (χ3v) is 3.43. The van der Waals surface area contributed by atoms with Gasteiger partial charge in [0, 0.05) is 4.90 Å². The molecule has 0 spiro atoms. The number of benzene rings is 1. The van der Waals surface area contributed by atoms with Gasteiger partial charge in [0.25, 0.3) is 0 Å². The maximum absolute atomic E-state index is 9.37. The molecule has 1 saturated carbocycles. The SMILES string of the molecule is Oc1ccc(C2CCCCC2)cc1S. The Kier molecular flexibility index (Phi) is 3.02. The highest BCUT2D eigenvalue weighted by Gasteiger charge is 2.15. The third kappa shape index (κ3) is 2.06. The number of rotatable bonds is 1. The van der Waals surface area contributed by atoms with Gasteiger partial charge in [-0.05, 0) is 36.5 Å². The molecule has 0 atom stereocenters. The van der Waals surface area contributed by atoms with Gasteiger partial charge in [-0.2, -0.15) is 0 Å². The summed E-state index contributed by atoms with van der Waals surface area (Å²) in [7, 11) is 0. The van der Waals surface area contributed by atoms with Crippen LogP contribution in [-0.2, 0) is 0 Å². The molecule has 0 saturated heterocycles. The number of thiol groups is 1. The summed E-state index contributed by atoms with van der Waals surface area (Å²) in [5.41, 5.74) is 1.34. The van der Waals surface area contributed by atoms with Gasteiger partial charge in [-0.15, -0.1) is 12.6 Å². The van der Waals surface area contributed by atoms with Crippen molar-refractivity contribution in [1.82, 2.24) is 0 Å². The molecular formula is C12H16OS. The Morgan fingerprint density at radius 2 is 1.86 bits per heavy atom. The Balaban J connectivity index is 2.18. The minimum atomic E-state index is 0.285. The van der Waals surface area contributed by atoms with Gasteiger partial charge in [0.15, 0.2) is 0 Å². The lowest BCUT2D eigenvalue weighted by Gasteiger charge is -2.22. The van der Waals surface area contributed by atoms with Crippen molar-refractivity contribution in [3.63, 3.8) is 0 Å². The standard InChI is InChI=1S/C12H16OS/c13-11-7-6-10(8-12(11)14)9-4-2-1-3-5-9/h6-9,13-14H,1-5H2. The Morgan fingerprint density at radius 3 is 2.50 bits per heavy atom. The van der Waals surface area contributed by atoms with Gasteiger partial charge in [-0.25, -0.2) is 0 Å². The lowest BCUT2D eigenvalue weighted by atomic mass is 9.84. The summed E-state index contributed by atoms with van der Waals surface area (Å²) in [5, 5.41) is 9.37. The van der Waals surface area contributed by atoms with Crippen molar-refractivity contribution < 1.29 is 5.11 Å². The number of phenols is 1. The van der Waals surface area contributed by atoms with Crippen LogP contribution in [0.3, 0.4) is 0 Å². The van der Waals surface area contributed by atoms with Crippen LogP contribution < -0.4 is 0 Å². The van der Waals surface area contributed by atoms with E-state index in [-0.39, 0.29) is 5.75 Å². The highest BCUT2D eigenvalue weighted by molar-refractivity contribution is 7.80. The van der Waals surface area contributed by atoms with Crippen molar-refractivity contribution >= 4 is 12.6 Å². The summed E-state index contributed by atoms with van der Waals surface area (Å²) >= 11 is 4.24. The molecule has 0 bridgehead atoms. The van der Waals surface area contributed by atoms with Crippen LogP contribution in [0.25, 0.3) is 0 Å². The predicted molar refractivity (Wildman–Crippen MR) is 61.2 cm³/mol. The van der Waals surface area contributed by atoms with E-state index in [1.54, 1.807) is 6.07 Å². The normalized spacial score (nSPS) is 18.4. The zero-order chi connectivity index (χ0) is 9.97. The number of hydrogen-bond donors (Lipinski definition) is 2. The van der Waals surface area contributed by atoms with Gasteiger partial charge in [0.1, 0.15) is 5.75 Å². The summed E-state index contributed by atoms with van der Waals surface area (Å²) < 4.78 is 0. The lowest BCUT2D eigenvalue weighted by Crippen LogP contribution is -2.04. The van der Waals surface area contributed by atoms with Crippen LogP contribution in [0.1, 0.15) is 43.6 Å². The highest BCUT2D eigenvalue weighted by Crippen LogP contribution is 2.35. The topological polar surface area (TPSA) is 20.2 Å². The minimum Gasteiger partial charge on any atom is -0.507 e. The Hall–Kier alpha value is -0.630. The molecule has 0 heterocycles. The average molecular weight is 208 g/mol. The predicted octanol–water partition coefficient (Wildman–Crippen LogP) is 3.73. The van der Waals surface area contributed by atoms with Crippen molar-refractivity contribution in [2.75, 3.05) is 0 Å². The first kappa shape index (κ1) is 9.91. The van der Waals surface area contributed by atoms with Crippen LogP contribution in [0.15, 0.2) is 23.1 Å². The molecule has 1 aromatic carbocycles. The molecule has 1 N–H and O–H groups in total. The Bertz CT molecular complexity index is 316. The fraction of sp³-hybridized carbons (Fsp3) is 0.500. The van der Waals surface area contributed by atoms with Gasteiger partial charge < -0.3 is 5.11 Å². The molecule has 1 fully saturated rings. The second-order valence-corrected chi connectivity index (χ2v) is 4.56. The molecule has 1 aliphatic rings. The van der Waals surface area contributed by atoms with E-state index in [9.17, 15) is 5.11 Å². The molecule has 0 radical (unpaired) electrons. The molecule has 0 unspecified atom stereocenters. The Labute approximate surface area is 90.6 Å². The van der Waals surface area contributed by atoms with E-state index in [1.165, 1.54) is 37.7 Å². The quantitative estimate of drug-likeness (QED) is 0.674. The van der Waals surface area contributed by atoms with E-state index < -0.39 is 0 Å². The molecule has 0 aliphatic heterocycles. The summed E-state index contributed by atoms with van der Waals surface area (Å²) in [6.07, 6.45) is 6.64. The van der Waals surface area contributed by atoms with Crippen molar-refractivity contribution in [1.29, 1.82) is 0 Å². The fourth-order valence-electron chi connectivity index (χ4n) is 2.23. The first-order valence-corrected chi connectivity index (χ1v) is 5.74. The van der Waals surface area contributed by atoms with Crippen molar-refractivity contribution in [2.45, 2.75) is 42.9 Å². The minimum absolute atomic E-state index is 0.285. The van der Waals surface area contributed by atoms with Crippen molar-refractivity contribution in [3.05, 3.63) is 23.8 Å². The molecule has 1 nitrogen and oxygen atoms in total. The maximum Gasteiger partial charge on any atom is 0.128 e. The molecule has 1 aliphatic carbocycles. The number of phenolic OH excluding ortho intramolecular Hbond substituents is 1. The van der Waals surface area contributed by atoms with E-state index in [2.05, 4.69) is 12.6 Å². The van der Waals surface area contributed by atoms with Crippen molar-refractivity contribution in [2.24, 2.45) is 0 Å². The van der Waals surface area contributed by atoms with Crippen molar-refractivity contribution in [3.8, 4) is 5.75 Å². The highest BCUT2D eigenvalue weighted by atomic mass is 32.1. The molecule has 2 rings (SSSR count). The lowest BCUT2D eigenvalue weighted by molar-refractivity contribution is 0.439. The van der Waals surface area contributed by atoms with Gasteiger partial charge >= 0.3 is 0 Å². The van der Waals surface area contributed by atoms with E-state index in [0.29, 0.717) is 10.8 Å². The first-order valence-electron chi connectivity index (χ1n) is 5.29. The zero-order valence-electron chi connectivity index (χ0n) is 8.24. The molecule has 14 heavy (non-hydrogen) atoms. The summed E-state index contributed by atoms with van der Waals surface area (Å²) in [4.78, 5) is 0.702. The van der Waals surface area contributed by atoms with Gasteiger partial charge in [-0.3, -0.25) is 0 Å². The van der Waals surface area contributed by atoms with Crippen LogP contribution in [0.5, 0.6) is 5.75 Å². The van der Waals surface area contributed by atoms with Gasteiger partial charge in [-0.1, -0.05) is 25.3 Å². The van der Waals surface area contributed by atoms with Gasteiger partial charge in [0.2, 0.25) is 0 Å². The fourth-order valence-corrected chi connectivity index (χ4v) is 2.45. The van der Waals surface area contributed by atoms with E-state index in [1.807, 2.05) is 12.1 Å². The number of aromatic hydroxyl groups is 1. The van der Waals surface area contributed by atoms with Gasteiger partial charge in [0.05, 0.1) is 0 Å². The molecule has 76 valence electrons. The molecule has 1 aromatic rings. The van der Waals surface area contributed by atoms with E-state index in [0.717, 1.165) is 0 Å². The second kappa shape index (κ2) is 4.26. The summed E-state index contributed by atoms with van der Waals surface area (Å²) in [6, 6.07) is 5.80. The Morgan fingerprint density at radius 1 is 1.14 bits per heavy atom.